The molecule has 13 unspecified atom stereocenters. The number of hydrogen-bond acceptors (Lipinski definition) is 17. The lowest BCUT2D eigenvalue weighted by Gasteiger charge is -2.47. The molecule has 0 radical (unpaired) electrons. The van der Waals surface area contributed by atoms with Crippen molar-refractivity contribution in [2.45, 2.75) is 125 Å². The van der Waals surface area contributed by atoms with Crippen molar-refractivity contribution in [3.05, 3.63) is 54.1 Å². The smallest absolute Gasteiger partial charge is 0.338 e. The SMILES string of the molecule is COc1ccc(NC(=O)C2OCCC(OC3OC(CO)C(O)C(OC(CC4CCCCC4)C(=O)O)C3OC(=O)c3ccccc3)C2OC2OCC(O)C(O)C2O)cc1OC. The van der Waals surface area contributed by atoms with E-state index in [1.54, 1.807) is 30.3 Å². The van der Waals surface area contributed by atoms with Crippen LogP contribution in [0.25, 0.3) is 0 Å². The Morgan fingerprint density at radius 2 is 1.55 bits per heavy atom. The summed E-state index contributed by atoms with van der Waals surface area (Å²) in [6, 6.07) is 12.5. The van der Waals surface area contributed by atoms with Gasteiger partial charge in [-0.1, -0.05) is 50.3 Å². The van der Waals surface area contributed by atoms with Crippen LogP contribution < -0.4 is 14.8 Å². The van der Waals surface area contributed by atoms with Gasteiger partial charge in [0.25, 0.3) is 5.91 Å². The van der Waals surface area contributed by atoms with Crippen molar-refractivity contribution in [2.24, 2.45) is 5.92 Å². The Balaban J connectivity index is 1.33. The van der Waals surface area contributed by atoms with E-state index in [2.05, 4.69) is 5.32 Å². The average molecular weight is 850 g/mol. The highest BCUT2D eigenvalue weighted by Crippen LogP contribution is 2.36. The molecule has 3 heterocycles. The Kier molecular flexibility index (Phi) is 16.1. The Bertz CT molecular complexity index is 1710. The molecule has 0 spiro atoms. The Morgan fingerprint density at radius 1 is 0.817 bits per heavy atom. The predicted molar refractivity (Wildman–Crippen MR) is 205 cm³/mol. The van der Waals surface area contributed by atoms with Crippen LogP contribution >= 0.6 is 0 Å². The van der Waals surface area contributed by atoms with Gasteiger partial charge in [-0.2, -0.15) is 0 Å². The van der Waals surface area contributed by atoms with Crippen molar-refractivity contribution in [3.8, 4) is 11.5 Å². The molecule has 0 aromatic heterocycles. The summed E-state index contributed by atoms with van der Waals surface area (Å²) in [6.07, 6.45) is -15.7. The van der Waals surface area contributed by atoms with Gasteiger partial charge in [-0.25, -0.2) is 9.59 Å². The van der Waals surface area contributed by atoms with E-state index in [4.69, 9.17) is 42.6 Å². The third-order valence-corrected chi connectivity index (χ3v) is 11.2. The van der Waals surface area contributed by atoms with Crippen LogP contribution in [0.4, 0.5) is 5.69 Å². The number of benzene rings is 2. The van der Waals surface area contributed by atoms with Crippen molar-refractivity contribution in [1.29, 1.82) is 0 Å². The number of rotatable bonds is 16. The largest absolute Gasteiger partial charge is 0.493 e. The van der Waals surface area contributed by atoms with Gasteiger partial charge in [0.1, 0.15) is 42.7 Å². The summed E-state index contributed by atoms with van der Waals surface area (Å²) in [5, 5.41) is 66.5. The first-order chi connectivity index (χ1) is 28.9. The molecule has 2 aromatic rings. The van der Waals surface area contributed by atoms with E-state index in [1.165, 1.54) is 32.4 Å². The fraction of sp³-hybridized carbons (Fsp3) is 0.634. The minimum absolute atomic E-state index is 0.0185. The first kappa shape index (κ1) is 45.5. The number of ether oxygens (including phenoxy) is 9. The van der Waals surface area contributed by atoms with Crippen LogP contribution in [0, 0.1) is 5.92 Å². The molecule has 19 nitrogen and oxygen atoms in total. The van der Waals surface area contributed by atoms with Crippen molar-refractivity contribution in [1.82, 2.24) is 0 Å². The van der Waals surface area contributed by atoms with Crippen molar-refractivity contribution < 1.29 is 87.7 Å². The predicted octanol–water partition coefficient (Wildman–Crippen LogP) is 0.753. The average Bonchev–Trinajstić information content (AvgIpc) is 3.26. The molecule has 19 heteroatoms. The maximum absolute atomic E-state index is 14.0. The molecule has 2 aromatic carbocycles. The molecule has 332 valence electrons. The summed E-state index contributed by atoms with van der Waals surface area (Å²) in [5.74, 6) is -2.20. The van der Waals surface area contributed by atoms with E-state index in [0.29, 0.717) is 11.5 Å². The molecule has 4 aliphatic rings. The molecular formula is C41H55NO18. The van der Waals surface area contributed by atoms with E-state index in [0.717, 1.165) is 32.1 Å². The maximum Gasteiger partial charge on any atom is 0.338 e. The Hall–Kier alpha value is -3.99. The molecule has 7 N–H and O–H groups in total. The molecule has 1 aliphatic carbocycles. The maximum atomic E-state index is 14.0. The number of anilines is 1. The van der Waals surface area contributed by atoms with Crippen LogP contribution in [0.15, 0.2) is 48.5 Å². The molecule has 4 fully saturated rings. The number of carboxylic acid groups (broad SMARTS) is 1. The molecule has 0 bridgehead atoms. The molecule has 13 atom stereocenters. The Morgan fingerprint density at radius 3 is 2.23 bits per heavy atom. The second kappa shape index (κ2) is 21.2. The first-order valence-corrected chi connectivity index (χ1v) is 20.1. The summed E-state index contributed by atoms with van der Waals surface area (Å²) in [6.45, 7) is -1.33. The number of hydrogen-bond donors (Lipinski definition) is 7. The second-order valence-corrected chi connectivity index (χ2v) is 15.3. The summed E-state index contributed by atoms with van der Waals surface area (Å²) in [7, 11) is 2.88. The van der Waals surface area contributed by atoms with E-state index < -0.39 is 111 Å². The fourth-order valence-corrected chi connectivity index (χ4v) is 7.98. The molecule has 1 saturated carbocycles. The number of carboxylic acids is 1. The molecule has 3 aliphatic heterocycles. The summed E-state index contributed by atoms with van der Waals surface area (Å²) in [5.41, 5.74) is 0.383. The van der Waals surface area contributed by atoms with Gasteiger partial charge in [0.2, 0.25) is 0 Å². The van der Waals surface area contributed by atoms with Gasteiger partial charge in [-0.3, -0.25) is 4.79 Å². The van der Waals surface area contributed by atoms with Gasteiger partial charge < -0.3 is 78.6 Å². The number of aliphatic hydroxyl groups is 5. The number of amides is 1. The zero-order chi connectivity index (χ0) is 42.9. The third kappa shape index (κ3) is 10.9. The van der Waals surface area contributed by atoms with E-state index in [1.807, 2.05) is 0 Å². The van der Waals surface area contributed by atoms with Crippen molar-refractivity contribution >= 4 is 23.5 Å². The number of nitrogens with one attached hydrogen (secondary N) is 1. The van der Waals surface area contributed by atoms with Crippen molar-refractivity contribution in [3.63, 3.8) is 0 Å². The van der Waals surface area contributed by atoms with Crippen LogP contribution in [0.3, 0.4) is 0 Å². The van der Waals surface area contributed by atoms with Crippen LogP contribution in [-0.2, 0) is 42.7 Å². The Labute approximate surface area is 346 Å². The van der Waals surface area contributed by atoms with E-state index in [-0.39, 0.29) is 36.6 Å². The summed E-state index contributed by atoms with van der Waals surface area (Å²) in [4.78, 5) is 40.4. The number of esters is 1. The minimum Gasteiger partial charge on any atom is -0.493 e. The van der Waals surface area contributed by atoms with Gasteiger partial charge >= 0.3 is 11.9 Å². The van der Waals surface area contributed by atoms with Gasteiger partial charge in [-0.05, 0) is 43.0 Å². The van der Waals surface area contributed by atoms with Gasteiger partial charge in [0.05, 0.1) is 45.7 Å². The molecule has 1 amide bonds. The monoisotopic (exact) mass is 849 g/mol. The topological polar surface area (TPSA) is 268 Å². The zero-order valence-electron chi connectivity index (χ0n) is 33.4. The van der Waals surface area contributed by atoms with Gasteiger partial charge in [0, 0.05) is 11.8 Å². The number of methoxy groups -OCH3 is 2. The summed E-state index contributed by atoms with van der Waals surface area (Å²) < 4.78 is 53.0. The van der Waals surface area contributed by atoms with Crippen LogP contribution in [0.5, 0.6) is 11.5 Å². The molecular weight excluding hydrogens is 794 g/mol. The lowest BCUT2D eigenvalue weighted by atomic mass is 9.85. The molecule has 6 rings (SSSR count). The highest BCUT2D eigenvalue weighted by Gasteiger charge is 2.53. The summed E-state index contributed by atoms with van der Waals surface area (Å²) >= 11 is 0. The van der Waals surface area contributed by atoms with Crippen LogP contribution in [0.2, 0.25) is 0 Å². The van der Waals surface area contributed by atoms with Crippen LogP contribution in [-0.4, -0.2) is 162 Å². The standard InChI is InChI=1S/C41H55NO18/c1-52-25-14-13-23(18-27(25)53-2)42-37(48)35-33(60-40-32(47)30(45)24(44)20-55-40)26(15-16-54-35)57-41-36(59-39(51)22-11-7-4-8-12-22)34(31(46)29(19-43)58-41)56-28(38(49)50)17-21-9-5-3-6-10-21/h4,7-8,11-14,18,21,24,26,28-36,40-41,43-47H,3,5-6,9-10,15-17,19-20H2,1-2H3,(H,42,48)(H,49,50). The zero-order valence-corrected chi connectivity index (χ0v) is 33.4. The quantitative estimate of drug-likeness (QED) is 0.115. The van der Waals surface area contributed by atoms with Crippen molar-refractivity contribution in [2.75, 3.05) is 39.4 Å². The van der Waals surface area contributed by atoms with Gasteiger partial charge in [-0.15, -0.1) is 0 Å². The fourth-order valence-electron chi connectivity index (χ4n) is 7.98. The minimum atomic E-state index is -1.79. The number of aliphatic carboxylic acids is 1. The van der Waals surface area contributed by atoms with E-state index >= 15 is 0 Å². The lowest BCUT2D eigenvalue weighted by molar-refractivity contribution is -0.347. The lowest BCUT2D eigenvalue weighted by Crippen LogP contribution is -2.64. The van der Waals surface area contributed by atoms with Crippen LogP contribution in [0.1, 0.15) is 55.3 Å². The normalized spacial score (nSPS) is 33.0. The number of carbonyl (C=O) groups is 3. The van der Waals surface area contributed by atoms with Gasteiger partial charge in [0.15, 0.2) is 42.4 Å². The number of carbonyl (C=O) groups excluding carboxylic acids is 2. The second-order valence-electron chi connectivity index (χ2n) is 15.3. The third-order valence-electron chi connectivity index (χ3n) is 11.2. The van der Waals surface area contributed by atoms with E-state index in [9.17, 15) is 45.0 Å². The molecule has 60 heavy (non-hydrogen) atoms. The highest BCUT2D eigenvalue weighted by atomic mass is 16.8. The first-order valence-electron chi connectivity index (χ1n) is 20.1. The number of aliphatic hydroxyl groups excluding tert-OH is 5. The molecule has 3 saturated heterocycles. The highest BCUT2D eigenvalue weighted by molar-refractivity contribution is 5.95.